The molecule has 0 saturated carbocycles. The van der Waals surface area contributed by atoms with Crippen LogP contribution in [0.25, 0.3) is 0 Å². The molecule has 0 bridgehead atoms. The summed E-state index contributed by atoms with van der Waals surface area (Å²) in [5.41, 5.74) is 6.80. The Bertz CT molecular complexity index is 520. The van der Waals surface area contributed by atoms with Crippen molar-refractivity contribution in [2.75, 3.05) is 5.73 Å². The zero-order chi connectivity index (χ0) is 13.0. The van der Waals surface area contributed by atoms with E-state index in [1.54, 1.807) is 30.5 Å². The third kappa shape index (κ3) is 3.13. The number of anilines is 1. The number of hydrogen-bond donors (Lipinski definition) is 2. The van der Waals surface area contributed by atoms with Crippen molar-refractivity contribution in [3.8, 4) is 0 Å². The van der Waals surface area contributed by atoms with Crippen molar-refractivity contribution in [2.45, 2.75) is 19.4 Å². The number of furan rings is 1. The Morgan fingerprint density at radius 1 is 1.39 bits per heavy atom. The Morgan fingerprint density at radius 2 is 2.22 bits per heavy atom. The molecule has 1 aromatic heterocycles. The SMILES string of the molecule is CC(Cc1ccco1)NC(=O)c1cccc(N)c1. The van der Waals surface area contributed by atoms with Gasteiger partial charge in [0.1, 0.15) is 5.76 Å². The van der Waals surface area contributed by atoms with Crippen LogP contribution in [0.4, 0.5) is 5.69 Å². The Hall–Kier alpha value is -2.23. The lowest BCUT2D eigenvalue weighted by atomic mass is 10.1. The van der Waals surface area contributed by atoms with Gasteiger partial charge in [0.05, 0.1) is 6.26 Å². The highest BCUT2D eigenvalue weighted by molar-refractivity contribution is 5.95. The van der Waals surface area contributed by atoms with Gasteiger partial charge in [0.2, 0.25) is 0 Å². The molecule has 4 nitrogen and oxygen atoms in total. The number of nitrogens with two attached hydrogens (primary N) is 1. The van der Waals surface area contributed by atoms with Gasteiger partial charge in [0.15, 0.2) is 0 Å². The highest BCUT2D eigenvalue weighted by Crippen LogP contribution is 2.08. The molecule has 0 aliphatic heterocycles. The fourth-order valence-electron chi connectivity index (χ4n) is 1.77. The molecule has 94 valence electrons. The Morgan fingerprint density at radius 3 is 2.89 bits per heavy atom. The topological polar surface area (TPSA) is 68.3 Å². The molecule has 0 fully saturated rings. The van der Waals surface area contributed by atoms with E-state index in [4.69, 9.17) is 10.2 Å². The van der Waals surface area contributed by atoms with Crippen LogP contribution >= 0.6 is 0 Å². The molecule has 18 heavy (non-hydrogen) atoms. The first kappa shape index (κ1) is 12.2. The third-order valence-corrected chi connectivity index (χ3v) is 2.61. The Kier molecular flexibility index (Phi) is 3.67. The Labute approximate surface area is 106 Å². The van der Waals surface area contributed by atoms with Crippen molar-refractivity contribution in [1.82, 2.24) is 5.32 Å². The first-order valence-electron chi connectivity index (χ1n) is 5.84. The number of hydrogen-bond acceptors (Lipinski definition) is 3. The predicted molar refractivity (Wildman–Crippen MR) is 70.2 cm³/mol. The maximum absolute atomic E-state index is 11.9. The average Bonchev–Trinajstić information content (AvgIpc) is 2.81. The zero-order valence-corrected chi connectivity index (χ0v) is 10.2. The summed E-state index contributed by atoms with van der Waals surface area (Å²) in [6, 6.07) is 10.7. The maximum atomic E-state index is 11.9. The van der Waals surface area contributed by atoms with Crippen LogP contribution in [0.2, 0.25) is 0 Å². The highest BCUT2D eigenvalue weighted by Gasteiger charge is 2.11. The van der Waals surface area contributed by atoms with Gasteiger partial charge < -0.3 is 15.5 Å². The lowest BCUT2D eigenvalue weighted by molar-refractivity contribution is 0.0939. The van der Waals surface area contributed by atoms with Crippen LogP contribution in [-0.2, 0) is 6.42 Å². The van der Waals surface area contributed by atoms with Crippen LogP contribution in [0.5, 0.6) is 0 Å². The summed E-state index contributed by atoms with van der Waals surface area (Å²) in [6.07, 6.45) is 2.29. The molecule has 0 radical (unpaired) electrons. The molecule has 0 aliphatic carbocycles. The smallest absolute Gasteiger partial charge is 0.251 e. The van der Waals surface area contributed by atoms with Crippen LogP contribution in [0.1, 0.15) is 23.0 Å². The lowest BCUT2D eigenvalue weighted by Crippen LogP contribution is -2.34. The van der Waals surface area contributed by atoms with Gasteiger partial charge in [-0.3, -0.25) is 4.79 Å². The number of rotatable bonds is 4. The first-order chi connectivity index (χ1) is 8.65. The van der Waals surface area contributed by atoms with Crippen LogP contribution in [0, 0.1) is 0 Å². The van der Waals surface area contributed by atoms with E-state index in [0.717, 1.165) is 5.76 Å². The molecule has 0 spiro atoms. The minimum absolute atomic E-state index is 0.00470. The van der Waals surface area contributed by atoms with Gasteiger partial charge >= 0.3 is 0 Å². The third-order valence-electron chi connectivity index (χ3n) is 2.61. The van der Waals surface area contributed by atoms with E-state index >= 15 is 0 Å². The summed E-state index contributed by atoms with van der Waals surface area (Å²) < 4.78 is 5.24. The second-order valence-corrected chi connectivity index (χ2v) is 4.28. The normalized spacial score (nSPS) is 12.1. The molecule has 1 amide bonds. The van der Waals surface area contributed by atoms with E-state index in [1.165, 1.54) is 0 Å². The lowest BCUT2D eigenvalue weighted by Gasteiger charge is -2.12. The van der Waals surface area contributed by atoms with Crippen LogP contribution in [0.15, 0.2) is 47.1 Å². The fraction of sp³-hybridized carbons (Fsp3) is 0.214. The van der Waals surface area contributed by atoms with Crippen molar-refractivity contribution in [3.05, 3.63) is 54.0 Å². The molecule has 2 aromatic rings. The second-order valence-electron chi connectivity index (χ2n) is 4.28. The number of benzene rings is 1. The van der Waals surface area contributed by atoms with Gasteiger partial charge in [-0.25, -0.2) is 0 Å². The average molecular weight is 244 g/mol. The summed E-state index contributed by atoms with van der Waals surface area (Å²) in [5.74, 6) is 0.733. The molecule has 3 N–H and O–H groups in total. The van der Waals surface area contributed by atoms with Gasteiger partial charge in [0.25, 0.3) is 5.91 Å². The molecule has 1 heterocycles. The monoisotopic (exact) mass is 244 g/mol. The number of nitrogens with one attached hydrogen (secondary N) is 1. The first-order valence-corrected chi connectivity index (χ1v) is 5.84. The van der Waals surface area contributed by atoms with E-state index in [2.05, 4.69) is 5.32 Å². The number of carbonyl (C=O) groups is 1. The Balaban J connectivity index is 1.95. The molecule has 2 rings (SSSR count). The maximum Gasteiger partial charge on any atom is 0.251 e. The van der Waals surface area contributed by atoms with Crippen molar-refractivity contribution >= 4 is 11.6 Å². The van der Waals surface area contributed by atoms with Crippen LogP contribution < -0.4 is 11.1 Å². The molecule has 1 atom stereocenters. The van der Waals surface area contributed by atoms with E-state index in [1.807, 2.05) is 19.1 Å². The second kappa shape index (κ2) is 5.40. The van der Waals surface area contributed by atoms with E-state index in [9.17, 15) is 4.79 Å². The summed E-state index contributed by atoms with van der Waals surface area (Å²) in [4.78, 5) is 11.9. The highest BCUT2D eigenvalue weighted by atomic mass is 16.3. The summed E-state index contributed by atoms with van der Waals surface area (Å²) in [5, 5.41) is 2.91. The molecule has 4 heteroatoms. The van der Waals surface area contributed by atoms with E-state index in [-0.39, 0.29) is 11.9 Å². The minimum Gasteiger partial charge on any atom is -0.469 e. The molecule has 0 aliphatic rings. The fourth-order valence-corrected chi connectivity index (χ4v) is 1.77. The largest absolute Gasteiger partial charge is 0.469 e. The standard InChI is InChI=1S/C14H16N2O2/c1-10(8-13-6-3-7-18-13)16-14(17)11-4-2-5-12(15)9-11/h2-7,9-10H,8,15H2,1H3,(H,16,17). The molecule has 1 unspecified atom stereocenters. The molecule has 1 aromatic carbocycles. The van der Waals surface area contributed by atoms with Crippen LogP contribution in [0.3, 0.4) is 0 Å². The van der Waals surface area contributed by atoms with Crippen molar-refractivity contribution in [3.63, 3.8) is 0 Å². The van der Waals surface area contributed by atoms with Gasteiger partial charge in [-0.1, -0.05) is 6.07 Å². The predicted octanol–water partition coefficient (Wildman–Crippen LogP) is 2.22. The molecular weight excluding hydrogens is 228 g/mol. The molecular formula is C14H16N2O2. The van der Waals surface area contributed by atoms with Gasteiger partial charge in [0, 0.05) is 23.7 Å². The number of carbonyl (C=O) groups excluding carboxylic acids is 1. The summed E-state index contributed by atoms with van der Waals surface area (Å²) in [6.45, 7) is 1.94. The van der Waals surface area contributed by atoms with Crippen molar-refractivity contribution < 1.29 is 9.21 Å². The number of amides is 1. The minimum atomic E-state index is -0.124. The van der Waals surface area contributed by atoms with Crippen molar-refractivity contribution in [2.24, 2.45) is 0 Å². The number of nitrogen functional groups attached to an aromatic ring is 1. The quantitative estimate of drug-likeness (QED) is 0.810. The van der Waals surface area contributed by atoms with Gasteiger partial charge in [-0.05, 0) is 37.3 Å². The van der Waals surface area contributed by atoms with Gasteiger partial charge in [-0.2, -0.15) is 0 Å². The summed E-state index contributed by atoms with van der Waals surface area (Å²) in [7, 11) is 0. The van der Waals surface area contributed by atoms with E-state index in [0.29, 0.717) is 17.7 Å². The summed E-state index contributed by atoms with van der Waals surface area (Å²) >= 11 is 0. The van der Waals surface area contributed by atoms with Gasteiger partial charge in [-0.15, -0.1) is 0 Å². The van der Waals surface area contributed by atoms with E-state index < -0.39 is 0 Å². The molecule has 0 saturated heterocycles. The van der Waals surface area contributed by atoms with Crippen molar-refractivity contribution in [1.29, 1.82) is 0 Å². The van der Waals surface area contributed by atoms with Crippen LogP contribution in [-0.4, -0.2) is 11.9 Å². The zero-order valence-electron chi connectivity index (χ0n) is 10.2.